The number of halogens is 1. The molecule has 5 nitrogen and oxygen atoms in total. The molecule has 2 rings (SSSR count). The van der Waals surface area contributed by atoms with Gasteiger partial charge in [0, 0.05) is 13.3 Å². The summed E-state index contributed by atoms with van der Waals surface area (Å²) in [6.07, 6.45) is -0.189. The number of rotatable bonds is 3. The molecule has 0 radical (unpaired) electrons. The molecule has 1 aliphatic rings. The van der Waals surface area contributed by atoms with Crippen molar-refractivity contribution in [3.8, 4) is 0 Å². The summed E-state index contributed by atoms with van der Waals surface area (Å²) in [5.74, 6) is 0. The van der Waals surface area contributed by atoms with Gasteiger partial charge in [0.1, 0.15) is 12.7 Å². The number of nitrogens with zero attached hydrogens (tertiary/aromatic N) is 1. The normalized spacial score (nSPS) is 23.5. The van der Waals surface area contributed by atoms with E-state index in [0.29, 0.717) is 5.56 Å². The average molecular weight is 287 g/mol. The largest absolute Gasteiger partial charge is 0.439 e. The van der Waals surface area contributed by atoms with E-state index in [4.69, 9.17) is 4.74 Å². The number of amides is 1. The van der Waals surface area contributed by atoms with Crippen LogP contribution in [0, 0.1) is 0 Å². The number of hydrogen-bond acceptors (Lipinski definition) is 4. The minimum Gasteiger partial charge on any atom is -0.439 e. The Hall–Kier alpha value is -1.63. The van der Waals surface area contributed by atoms with Crippen LogP contribution in [0.15, 0.2) is 29.2 Å². The van der Waals surface area contributed by atoms with E-state index >= 15 is 0 Å². The molecule has 0 aliphatic carbocycles. The Bertz CT molecular complexity index is 584. The molecule has 2 atom stereocenters. The standard InChI is InChI=1S/C12H14FNO4S/c1-14-10(7-13)11(18-12(14)15)8-3-5-9(6-4-8)19(2,16)17/h3-6,10-11H,7H2,1-2H3/t10-,11-/m1/s1. The van der Waals surface area contributed by atoms with Crippen molar-refractivity contribution >= 4 is 15.9 Å². The van der Waals surface area contributed by atoms with Crippen LogP contribution in [0.5, 0.6) is 0 Å². The van der Waals surface area contributed by atoms with E-state index in [1.54, 1.807) is 0 Å². The molecule has 0 spiro atoms. The van der Waals surface area contributed by atoms with E-state index < -0.39 is 34.8 Å². The van der Waals surface area contributed by atoms with Crippen molar-refractivity contribution in [1.82, 2.24) is 4.90 Å². The average Bonchev–Trinajstić information content (AvgIpc) is 2.64. The molecular weight excluding hydrogens is 273 g/mol. The highest BCUT2D eigenvalue weighted by Crippen LogP contribution is 2.32. The fraction of sp³-hybridized carbons (Fsp3) is 0.417. The van der Waals surface area contributed by atoms with Gasteiger partial charge in [-0.05, 0) is 17.7 Å². The summed E-state index contributed by atoms with van der Waals surface area (Å²) in [4.78, 5) is 12.8. The van der Waals surface area contributed by atoms with Crippen molar-refractivity contribution in [2.75, 3.05) is 20.0 Å². The van der Waals surface area contributed by atoms with E-state index in [1.165, 1.54) is 36.2 Å². The fourth-order valence-corrected chi connectivity index (χ4v) is 2.62. The second kappa shape index (κ2) is 4.80. The predicted molar refractivity (Wildman–Crippen MR) is 66.3 cm³/mol. The van der Waals surface area contributed by atoms with Gasteiger partial charge < -0.3 is 9.64 Å². The van der Waals surface area contributed by atoms with Crippen LogP contribution in [0.1, 0.15) is 11.7 Å². The lowest BCUT2D eigenvalue weighted by atomic mass is 10.0. The van der Waals surface area contributed by atoms with Crippen molar-refractivity contribution < 1.29 is 22.3 Å². The number of sulfone groups is 1. The van der Waals surface area contributed by atoms with E-state index in [-0.39, 0.29) is 4.90 Å². The number of ether oxygens (including phenoxy) is 1. The molecule has 1 aromatic rings. The molecule has 19 heavy (non-hydrogen) atoms. The van der Waals surface area contributed by atoms with E-state index in [9.17, 15) is 17.6 Å². The maximum absolute atomic E-state index is 13.0. The lowest BCUT2D eigenvalue weighted by Crippen LogP contribution is -2.32. The van der Waals surface area contributed by atoms with Crippen LogP contribution in [0.2, 0.25) is 0 Å². The molecule has 1 amide bonds. The molecule has 0 aromatic heterocycles. The van der Waals surface area contributed by atoms with E-state index in [1.807, 2.05) is 0 Å². The van der Waals surface area contributed by atoms with E-state index in [0.717, 1.165) is 6.26 Å². The van der Waals surface area contributed by atoms with Gasteiger partial charge in [0.2, 0.25) is 0 Å². The SMILES string of the molecule is CN1C(=O)O[C@H](c2ccc(S(C)(=O)=O)cc2)[C@H]1CF. The highest BCUT2D eigenvalue weighted by molar-refractivity contribution is 7.90. The van der Waals surface area contributed by atoms with Crippen LogP contribution in [-0.4, -0.2) is 45.4 Å². The predicted octanol–water partition coefficient (Wildman–Crippen LogP) is 1.55. The zero-order valence-corrected chi connectivity index (χ0v) is 11.4. The second-order valence-corrected chi connectivity index (χ2v) is 6.49. The first-order chi connectivity index (χ1) is 8.84. The number of alkyl halides is 1. The van der Waals surface area contributed by atoms with Gasteiger partial charge in [0.05, 0.1) is 4.90 Å². The number of carbonyl (C=O) groups is 1. The van der Waals surface area contributed by atoms with Crippen molar-refractivity contribution in [2.24, 2.45) is 0 Å². The molecular formula is C12H14FNO4S. The number of cyclic esters (lactones) is 1. The minimum atomic E-state index is -3.28. The highest BCUT2D eigenvalue weighted by atomic mass is 32.2. The van der Waals surface area contributed by atoms with E-state index in [2.05, 4.69) is 0 Å². The van der Waals surface area contributed by atoms with Crippen LogP contribution in [0.3, 0.4) is 0 Å². The van der Waals surface area contributed by atoms with Gasteiger partial charge in [0.15, 0.2) is 15.9 Å². The summed E-state index contributed by atoms with van der Waals surface area (Å²) in [6.45, 7) is -0.721. The Balaban J connectivity index is 2.30. The lowest BCUT2D eigenvalue weighted by molar-refractivity contribution is 0.128. The summed E-state index contributed by atoms with van der Waals surface area (Å²) >= 11 is 0. The topological polar surface area (TPSA) is 63.7 Å². The van der Waals surface area contributed by atoms with Gasteiger partial charge >= 0.3 is 6.09 Å². The van der Waals surface area contributed by atoms with Crippen molar-refractivity contribution in [3.63, 3.8) is 0 Å². The Morgan fingerprint density at radius 2 is 1.89 bits per heavy atom. The van der Waals surface area contributed by atoms with Gasteiger partial charge in [-0.3, -0.25) is 0 Å². The molecule has 104 valence electrons. The number of likely N-dealkylation sites (N-methyl/N-ethyl adjacent to an activating group) is 1. The molecule has 0 bridgehead atoms. The summed E-state index contributed by atoms with van der Waals surface area (Å²) in [7, 11) is -1.81. The summed E-state index contributed by atoms with van der Waals surface area (Å²) in [5, 5.41) is 0. The fourth-order valence-electron chi connectivity index (χ4n) is 1.99. The monoisotopic (exact) mass is 287 g/mol. The molecule has 0 saturated carbocycles. The highest BCUT2D eigenvalue weighted by Gasteiger charge is 2.40. The van der Waals surface area contributed by atoms with Crippen molar-refractivity contribution in [3.05, 3.63) is 29.8 Å². The molecule has 1 aromatic carbocycles. The Labute approximate surface area is 110 Å². The van der Waals surface area contributed by atoms with Crippen LogP contribution >= 0.6 is 0 Å². The number of benzene rings is 1. The molecule has 1 fully saturated rings. The third-order valence-corrected chi connectivity index (χ3v) is 4.29. The van der Waals surface area contributed by atoms with Crippen LogP contribution in [-0.2, 0) is 14.6 Å². The summed E-state index contributed by atoms with van der Waals surface area (Å²) in [5.41, 5.74) is 0.577. The maximum Gasteiger partial charge on any atom is 0.410 e. The van der Waals surface area contributed by atoms with Gasteiger partial charge in [0.25, 0.3) is 0 Å². The van der Waals surface area contributed by atoms with Crippen LogP contribution in [0.4, 0.5) is 9.18 Å². The smallest absolute Gasteiger partial charge is 0.410 e. The minimum absolute atomic E-state index is 0.172. The van der Waals surface area contributed by atoms with Gasteiger partial charge in [-0.1, -0.05) is 12.1 Å². The van der Waals surface area contributed by atoms with Crippen molar-refractivity contribution in [2.45, 2.75) is 17.0 Å². The zero-order valence-electron chi connectivity index (χ0n) is 10.5. The Kier molecular flexibility index (Phi) is 3.49. The third kappa shape index (κ3) is 2.56. The second-order valence-electron chi connectivity index (χ2n) is 4.48. The Morgan fingerprint density at radius 1 is 1.32 bits per heavy atom. The Morgan fingerprint density at radius 3 is 2.37 bits per heavy atom. The first-order valence-electron chi connectivity index (χ1n) is 5.64. The maximum atomic E-state index is 13.0. The third-order valence-electron chi connectivity index (χ3n) is 3.16. The quantitative estimate of drug-likeness (QED) is 0.846. The summed E-state index contributed by atoms with van der Waals surface area (Å²) < 4.78 is 40.7. The van der Waals surface area contributed by atoms with Gasteiger partial charge in [-0.25, -0.2) is 17.6 Å². The lowest BCUT2D eigenvalue weighted by Gasteiger charge is -2.18. The molecule has 1 heterocycles. The molecule has 7 heteroatoms. The van der Waals surface area contributed by atoms with Gasteiger partial charge in [-0.2, -0.15) is 0 Å². The number of hydrogen-bond donors (Lipinski definition) is 0. The van der Waals surface area contributed by atoms with Crippen LogP contribution < -0.4 is 0 Å². The molecule has 0 unspecified atom stereocenters. The van der Waals surface area contributed by atoms with Crippen molar-refractivity contribution in [1.29, 1.82) is 0 Å². The summed E-state index contributed by atoms with van der Waals surface area (Å²) in [6, 6.07) is 5.24. The molecule has 1 aliphatic heterocycles. The molecule has 1 saturated heterocycles. The van der Waals surface area contributed by atoms with Gasteiger partial charge in [-0.15, -0.1) is 0 Å². The first-order valence-corrected chi connectivity index (χ1v) is 7.53. The number of carbonyl (C=O) groups excluding carboxylic acids is 1. The first kappa shape index (κ1) is 13.8. The zero-order chi connectivity index (χ0) is 14.2. The molecule has 0 N–H and O–H groups in total. The van der Waals surface area contributed by atoms with Crippen LogP contribution in [0.25, 0.3) is 0 Å².